The molecule has 120 valence electrons. The number of amides is 1. The van der Waals surface area contributed by atoms with Crippen molar-refractivity contribution in [3.05, 3.63) is 42.0 Å². The summed E-state index contributed by atoms with van der Waals surface area (Å²) in [6, 6.07) is 10.2. The lowest BCUT2D eigenvalue weighted by Crippen LogP contribution is -2.48. The van der Waals surface area contributed by atoms with Crippen molar-refractivity contribution in [1.29, 1.82) is 0 Å². The van der Waals surface area contributed by atoms with E-state index in [9.17, 15) is 4.79 Å². The summed E-state index contributed by atoms with van der Waals surface area (Å²) >= 11 is 1.72. The topological polar surface area (TPSA) is 59.2 Å². The SMILES string of the molecule is O=C(CCSc1ccccc1)N1CC(c2nc(C3CC3)no2)C1. The molecule has 2 aliphatic rings. The number of rotatable bonds is 6. The molecular formula is C17H19N3O2S. The standard InChI is InChI=1S/C17H19N3O2S/c21-15(8-9-23-14-4-2-1-3-5-14)20-10-13(11-20)17-18-16(19-22-17)12-6-7-12/h1-5,12-13H,6-11H2. The van der Waals surface area contributed by atoms with Crippen molar-refractivity contribution < 1.29 is 9.32 Å². The van der Waals surface area contributed by atoms with Crippen molar-refractivity contribution in [1.82, 2.24) is 15.0 Å². The Bertz CT molecular complexity index is 678. The maximum absolute atomic E-state index is 12.2. The fraction of sp³-hybridized carbons (Fsp3) is 0.471. The number of benzene rings is 1. The summed E-state index contributed by atoms with van der Waals surface area (Å²) in [5, 5.41) is 4.04. The quantitative estimate of drug-likeness (QED) is 0.762. The lowest BCUT2D eigenvalue weighted by Gasteiger charge is -2.37. The smallest absolute Gasteiger partial charge is 0.233 e. The van der Waals surface area contributed by atoms with Crippen molar-refractivity contribution in [2.45, 2.75) is 36.0 Å². The van der Waals surface area contributed by atoms with E-state index in [4.69, 9.17) is 4.52 Å². The normalized spacial score (nSPS) is 18.0. The van der Waals surface area contributed by atoms with E-state index in [0.29, 0.717) is 31.3 Å². The van der Waals surface area contributed by atoms with Gasteiger partial charge >= 0.3 is 0 Å². The maximum Gasteiger partial charge on any atom is 0.233 e. The molecule has 0 spiro atoms. The minimum atomic E-state index is 0.214. The van der Waals surface area contributed by atoms with E-state index in [-0.39, 0.29) is 11.8 Å². The van der Waals surface area contributed by atoms with Crippen molar-refractivity contribution in [3.63, 3.8) is 0 Å². The second-order valence-electron chi connectivity index (χ2n) is 6.17. The molecule has 1 aromatic carbocycles. The third-order valence-corrected chi connectivity index (χ3v) is 5.33. The van der Waals surface area contributed by atoms with Gasteiger partial charge in [0.15, 0.2) is 5.82 Å². The number of aromatic nitrogens is 2. The van der Waals surface area contributed by atoms with Gasteiger partial charge in [0, 0.05) is 36.1 Å². The first-order valence-corrected chi connectivity index (χ1v) is 9.07. The summed E-state index contributed by atoms with van der Waals surface area (Å²) in [6.07, 6.45) is 2.92. The van der Waals surface area contributed by atoms with Crippen molar-refractivity contribution in [2.75, 3.05) is 18.8 Å². The van der Waals surface area contributed by atoms with Crippen LogP contribution in [0.4, 0.5) is 0 Å². The number of nitrogens with zero attached hydrogens (tertiary/aromatic N) is 3. The molecule has 0 radical (unpaired) electrons. The second kappa shape index (κ2) is 6.35. The molecule has 4 rings (SSSR count). The molecule has 2 fully saturated rings. The van der Waals surface area contributed by atoms with E-state index in [1.807, 2.05) is 23.1 Å². The van der Waals surface area contributed by atoms with E-state index in [1.54, 1.807) is 11.8 Å². The lowest BCUT2D eigenvalue weighted by molar-refractivity contribution is -0.135. The molecule has 23 heavy (non-hydrogen) atoms. The maximum atomic E-state index is 12.2. The molecule has 2 aromatic rings. The van der Waals surface area contributed by atoms with Gasteiger partial charge < -0.3 is 9.42 Å². The van der Waals surface area contributed by atoms with E-state index >= 15 is 0 Å². The zero-order chi connectivity index (χ0) is 15.6. The van der Waals surface area contributed by atoms with Gasteiger partial charge in [-0.15, -0.1) is 11.8 Å². The summed E-state index contributed by atoms with van der Waals surface area (Å²) in [7, 11) is 0. The fourth-order valence-electron chi connectivity index (χ4n) is 2.69. The minimum absolute atomic E-state index is 0.214. The number of thioether (sulfide) groups is 1. The molecule has 0 unspecified atom stereocenters. The van der Waals surface area contributed by atoms with Crippen LogP contribution in [0, 0.1) is 0 Å². The molecule has 0 atom stereocenters. The monoisotopic (exact) mass is 329 g/mol. The third-order valence-electron chi connectivity index (χ3n) is 4.31. The molecule has 0 N–H and O–H groups in total. The van der Waals surface area contributed by atoms with Gasteiger partial charge in [0.05, 0.1) is 5.92 Å². The van der Waals surface area contributed by atoms with Crippen molar-refractivity contribution in [2.24, 2.45) is 0 Å². The largest absolute Gasteiger partial charge is 0.341 e. The van der Waals surface area contributed by atoms with Crippen LogP contribution in [-0.2, 0) is 4.79 Å². The van der Waals surface area contributed by atoms with Gasteiger partial charge in [0.25, 0.3) is 0 Å². The number of carbonyl (C=O) groups is 1. The van der Waals surface area contributed by atoms with Gasteiger partial charge in [0.1, 0.15) is 0 Å². The number of carbonyl (C=O) groups excluding carboxylic acids is 1. The summed E-state index contributed by atoms with van der Waals surface area (Å²) in [6.45, 7) is 1.42. The average Bonchev–Trinajstić information content (AvgIpc) is 3.26. The van der Waals surface area contributed by atoms with Gasteiger partial charge in [-0.25, -0.2) is 0 Å². The molecule has 1 aliphatic heterocycles. The van der Waals surface area contributed by atoms with Gasteiger partial charge in [-0.1, -0.05) is 23.4 Å². The van der Waals surface area contributed by atoms with Gasteiger partial charge in [-0.3, -0.25) is 4.79 Å². The Kier molecular flexibility index (Phi) is 4.08. The zero-order valence-corrected chi connectivity index (χ0v) is 13.7. The minimum Gasteiger partial charge on any atom is -0.341 e. The summed E-state index contributed by atoms with van der Waals surface area (Å²) in [5.74, 6) is 3.32. The predicted octanol–water partition coefficient (Wildman–Crippen LogP) is 3.06. The van der Waals surface area contributed by atoms with Crippen LogP contribution in [0.15, 0.2) is 39.8 Å². The molecule has 2 heterocycles. The highest BCUT2D eigenvalue weighted by atomic mass is 32.2. The first-order chi connectivity index (χ1) is 11.3. The average molecular weight is 329 g/mol. The highest BCUT2D eigenvalue weighted by Crippen LogP contribution is 2.39. The Labute approximate surface area is 139 Å². The van der Waals surface area contributed by atoms with Crippen LogP contribution in [0.5, 0.6) is 0 Å². The van der Waals surface area contributed by atoms with Crippen molar-refractivity contribution >= 4 is 17.7 Å². The van der Waals surface area contributed by atoms with Gasteiger partial charge in [-0.2, -0.15) is 4.98 Å². The van der Waals surface area contributed by atoms with Gasteiger partial charge in [0.2, 0.25) is 11.8 Å². The predicted molar refractivity (Wildman–Crippen MR) is 87.4 cm³/mol. The fourth-order valence-corrected chi connectivity index (χ4v) is 3.55. The molecule has 5 nitrogen and oxygen atoms in total. The van der Waals surface area contributed by atoms with E-state index in [0.717, 1.165) is 11.6 Å². The van der Waals surface area contributed by atoms with E-state index in [2.05, 4.69) is 22.3 Å². The molecule has 1 saturated heterocycles. The third kappa shape index (κ3) is 3.42. The lowest BCUT2D eigenvalue weighted by atomic mass is 10.00. The number of hydrogen-bond donors (Lipinski definition) is 0. The van der Waals surface area contributed by atoms with Crippen LogP contribution in [0.2, 0.25) is 0 Å². The van der Waals surface area contributed by atoms with E-state index < -0.39 is 0 Å². The first-order valence-electron chi connectivity index (χ1n) is 8.09. The number of hydrogen-bond acceptors (Lipinski definition) is 5. The number of likely N-dealkylation sites (tertiary alicyclic amines) is 1. The molecule has 1 aliphatic carbocycles. The highest BCUT2D eigenvalue weighted by Gasteiger charge is 2.37. The van der Waals surface area contributed by atoms with Crippen LogP contribution >= 0.6 is 11.8 Å². The van der Waals surface area contributed by atoms with E-state index in [1.165, 1.54) is 17.7 Å². The molecule has 1 amide bonds. The second-order valence-corrected chi connectivity index (χ2v) is 7.34. The highest BCUT2D eigenvalue weighted by molar-refractivity contribution is 7.99. The Hall–Kier alpha value is -1.82. The summed E-state index contributed by atoms with van der Waals surface area (Å²) < 4.78 is 5.33. The first kappa shape index (κ1) is 14.8. The molecule has 6 heteroatoms. The Morgan fingerprint density at radius 1 is 1.22 bits per heavy atom. The van der Waals surface area contributed by atoms with Crippen LogP contribution in [0.3, 0.4) is 0 Å². The molecular weight excluding hydrogens is 310 g/mol. The molecule has 1 aromatic heterocycles. The Morgan fingerprint density at radius 3 is 2.74 bits per heavy atom. The Morgan fingerprint density at radius 2 is 2.00 bits per heavy atom. The molecule has 0 bridgehead atoms. The Balaban J connectivity index is 1.20. The zero-order valence-electron chi connectivity index (χ0n) is 12.9. The summed E-state index contributed by atoms with van der Waals surface area (Å²) in [4.78, 5) is 19.7. The van der Waals surface area contributed by atoms with Crippen molar-refractivity contribution in [3.8, 4) is 0 Å². The molecule has 1 saturated carbocycles. The van der Waals surface area contributed by atoms with Crippen LogP contribution in [0.25, 0.3) is 0 Å². The van der Waals surface area contributed by atoms with Crippen LogP contribution in [0.1, 0.15) is 42.8 Å². The summed E-state index contributed by atoms with van der Waals surface area (Å²) in [5.41, 5.74) is 0. The van der Waals surface area contributed by atoms with Gasteiger partial charge in [-0.05, 0) is 25.0 Å². The van der Waals surface area contributed by atoms with Crippen LogP contribution in [-0.4, -0.2) is 39.8 Å². The van der Waals surface area contributed by atoms with Crippen LogP contribution < -0.4 is 0 Å².